The van der Waals surface area contributed by atoms with Crippen molar-refractivity contribution in [3.05, 3.63) is 28.7 Å². The van der Waals surface area contributed by atoms with Crippen LogP contribution in [0, 0.1) is 5.92 Å². The molecule has 1 aromatic carbocycles. The molecule has 1 fully saturated rings. The first-order valence-corrected chi connectivity index (χ1v) is 6.70. The Morgan fingerprint density at radius 1 is 1.31 bits per heavy atom. The van der Waals surface area contributed by atoms with Gasteiger partial charge in [-0.15, -0.1) is 0 Å². The summed E-state index contributed by atoms with van der Waals surface area (Å²) in [5, 5.41) is 8.92. The standard InChI is InChI=1S/C13H18BrNO/c14-12-2-1-3-13(10-12)15-7-4-11(5-8-15)6-9-16/h1-3,10-11,16H,4-9H2. The normalized spacial score (nSPS) is 17.8. The van der Waals surface area contributed by atoms with Crippen LogP contribution in [-0.2, 0) is 0 Å². The van der Waals surface area contributed by atoms with Crippen molar-refractivity contribution >= 4 is 21.6 Å². The van der Waals surface area contributed by atoms with Crippen LogP contribution in [0.2, 0.25) is 0 Å². The molecule has 2 nitrogen and oxygen atoms in total. The zero-order chi connectivity index (χ0) is 11.4. The molecule has 0 radical (unpaired) electrons. The number of anilines is 1. The van der Waals surface area contributed by atoms with Crippen LogP contribution in [0.3, 0.4) is 0 Å². The summed E-state index contributed by atoms with van der Waals surface area (Å²) in [6.07, 6.45) is 3.37. The molecule has 0 spiro atoms. The maximum atomic E-state index is 8.92. The fraction of sp³-hybridized carbons (Fsp3) is 0.538. The summed E-state index contributed by atoms with van der Waals surface area (Å²) in [6, 6.07) is 8.48. The number of benzene rings is 1. The van der Waals surface area contributed by atoms with Gasteiger partial charge in [-0.3, -0.25) is 0 Å². The van der Waals surface area contributed by atoms with Crippen LogP contribution < -0.4 is 4.90 Å². The number of piperidine rings is 1. The summed E-state index contributed by atoms with van der Waals surface area (Å²) in [4.78, 5) is 2.43. The zero-order valence-electron chi connectivity index (χ0n) is 9.40. The lowest BCUT2D eigenvalue weighted by Crippen LogP contribution is -2.33. The van der Waals surface area contributed by atoms with Crippen LogP contribution in [0.25, 0.3) is 0 Å². The van der Waals surface area contributed by atoms with Gasteiger partial charge in [0.05, 0.1) is 0 Å². The maximum absolute atomic E-state index is 8.92. The van der Waals surface area contributed by atoms with Gasteiger partial charge in [0.15, 0.2) is 0 Å². The molecule has 2 rings (SSSR count). The summed E-state index contributed by atoms with van der Waals surface area (Å²) >= 11 is 3.51. The van der Waals surface area contributed by atoms with Crippen molar-refractivity contribution in [1.29, 1.82) is 0 Å². The Morgan fingerprint density at radius 3 is 2.69 bits per heavy atom. The number of nitrogens with zero attached hydrogens (tertiary/aromatic N) is 1. The van der Waals surface area contributed by atoms with Gasteiger partial charge in [0.25, 0.3) is 0 Å². The van der Waals surface area contributed by atoms with Crippen molar-refractivity contribution in [2.75, 3.05) is 24.6 Å². The van der Waals surface area contributed by atoms with E-state index < -0.39 is 0 Å². The Balaban J connectivity index is 1.94. The maximum Gasteiger partial charge on any atom is 0.0433 e. The van der Waals surface area contributed by atoms with Gasteiger partial charge in [-0.25, -0.2) is 0 Å². The van der Waals surface area contributed by atoms with Crippen LogP contribution in [0.5, 0.6) is 0 Å². The van der Waals surface area contributed by atoms with E-state index in [0.717, 1.165) is 24.0 Å². The molecule has 16 heavy (non-hydrogen) atoms. The zero-order valence-corrected chi connectivity index (χ0v) is 11.0. The average molecular weight is 284 g/mol. The second kappa shape index (κ2) is 5.69. The SMILES string of the molecule is OCCC1CCN(c2cccc(Br)c2)CC1. The van der Waals surface area contributed by atoms with E-state index in [-0.39, 0.29) is 0 Å². The van der Waals surface area contributed by atoms with E-state index in [1.165, 1.54) is 18.5 Å². The molecule has 1 saturated heterocycles. The van der Waals surface area contributed by atoms with E-state index in [0.29, 0.717) is 12.5 Å². The van der Waals surface area contributed by atoms with E-state index in [1.807, 2.05) is 0 Å². The Morgan fingerprint density at radius 2 is 2.06 bits per heavy atom. The first-order chi connectivity index (χ1) is 7.79. The van der Waals surface area contributed by atoms with Crippen molar-refractivity contribution in [3.63, 3.8) is 0 Å². The smallest absolute Gasteiger partial charge is 0.0433 e. The number of aliphatic hydroxyl groups is 1. The largest absolute Gasteiger partial charge is 0.396 e. The molecular weight excluding hydrogens is 266 g/mol. The fourth-order valence-corrected chi connectivity index (χ4v) is 2.72. The molecule has 0 aliphatic carbocycles. The molecule has 0 saturated carbocycles. The molecular formula is C13H18BrNO. The van der Waals surface area contributed by atoms with Gasteiger partial charge < -0.3 is 10.0 Å². The van der Waals surface area contributed by atoms with Gasteiger partial charge in [-0.05, 0) is 43.4 Å². The lowest BCUT2D eigenvalue weighted by Gasteiger charge is -2.33. The van der Waals surface area contributed by atoms with Crippen molar-refractivity contribution < 1.29 is 5.11 Å². The number of aliphatic hydroxyl groups excluding tert-OH is 1. The van der Waals surface area contributed by atoms with Crippen LogP contribution in [0.1, 0.15) is 19.3 Å². The molecule has 0 atom stereocenters. The fourth-order valence-electron chi connectivity index (χ4n) is 2.34. The molecule has 1 N–H and O–H groups in total. The molecule has 0 unspecified atom stereocenters. The van der Waals surface area contributed by atoms with Crippen LogP contribution in [0.15, 0.2) is 28.7 Å². The highest BCUT2D eigenvalue weighted by molar-refractivity contribution is 9.10. The van der Waals surface area contributed by atoms with Gasteiger partial charge >= 0.3 is 0 Å². The number of hydrogen-bond acceptors (Lipinski definition) is 2. The van der Waals surface area contributed by atoms with E-state index in [2.05, 4.69) is 45.1 Å². The van der Waals surface area contributed by atoms with Gasteiger partial charge in [0, 0.05) is 29.9 Å². The quantitative estimate of drug-likeness (QED) is 0.922. The lowest BCUT2D eigenvalue weighted by molar-refractivity contribution is 0.240. The molecule has 1 heterocycles. The molecule has 0 amide bonds. The van der Waals surface area contributed by atoms with Gasteiger partial charge in [-0.1, -0.05) is 22.0 Å². The summed E-state index contributed by atoms with van der Waals surface area (Å²) < 4.78 is 1.14. The Bertz CT molecular complexity index is 334. The molecule has 0 aromatic heterocycles. The number of halogens is 1. The summed E-state index contributed by atoms with van der Waals surface area (Å²) in [6.45, 7) is 2.56. The average Bonchev–Trinajstić information content (AvgIpc) is 2.30. The van der Waals surface area contributed by atoms with Crippen LogP contribution in [-0.4, -0.2) is 24.8 Å². The minimum atomic E-state index is 0.335. The van der Waals surface area contributed by atoms with Crippen LogP contribution >= 0.6 is 15.9 Å². The summed E-state index contributed by atoms with van der Waals surface area (Å²) in [7, 11) is 0. The third kappa shape index (κ3) is 2.98. The number of rotatable bonds is 3. The van der Waals surface area contributed by atoms with Crippen molar-refractivity contribution in [2.45, 2.75) is 19.3 Å². The minimum Gasteiger partial charge on any atom is -0.396 e. The third-order valence-corrected chi connectivity index (χ3v) is 3.82. The molecule has 3 heteroatoms. The molecule has 88 valence electrons. The molecule has 0 bridgehead atoms. The Kier molecular flexibility index (Phi) is 4.24. The monoisotopic (exact) mass is 283 g/mol. The van der Waals surface area contributed by atoms with Gasteiger partial charge in [-0.2, -0.15) is 0 Å². The highest BCUT2D eigenvalue weighted by Gasteiger charge is 2.18. The predicted molar refractivity (Wildman–Crippen MR) is 70.8 cm³/mol. The molecule has 1 aliphatic heterocycles. The number of hydrogen-bond donors (Lipinski definition) is 1. The van der Waals surface area contributed by atoms with Crippen LogP contribution in [0.4, 0.5) is 5.69 Å². The van der Waals surface area contributed by atoms with Crippen molar-refractivity contribution in [3.8, 4) is 0 Å². The van der Waals surface area contributed by atoms with E-state index in [9.17, 15) is 0 Å². The second-order valence-corrected chi connectivity index (χ2v) is 5.34. The Hall–Kier alpha value is -0.540. The van der Waals surface area contributed by atoms with E-state index in [4.69, 9.17) is 5.11 Å². The summed E-state index contributed by atoms with van der Waals surface area (Å²) in [5.41, 5.74) is 1.30. The third-order valence-electron chi connectivity index (χ3n) is 3.33. The van der Waals surface area contributed by atoms with Crippen molar-refractivity contribution in [2.24, 2.45) is 5.92 Å². The summed E-state index contributed by atoms with van der Waals surface area (Å²) in [5.74, 6) is 0.716. The first-order valence-electron chi connectivity index (χ1n) is 5.91. The highest BCUT2D eigenvalue weighted by atomic mass is 79.9. The molecule has 1 aliphatic rings. The van der Waals surface area contributed by atoms with E-state index in [1.54, 1.807) is 0 Å². The first kappa shape index (κ1) is 11.9. The van der Waals surface area contributed by atoms with Crippen molar-refractivity contribution in [1.82, 2.24) is 0 Å². The van der Waals surface area contributed by atoms with E-state index >= 15 is 0 Å². The lowest BCUT2D eigenvalue weighted by atomic mass is 9.94. The molecule has 1 aromatic rings. The Labute approximate surface area is 105 Å². The van der Waals surface area contributed by atoms with Gasteiger partial charge in [0.2, 0.25) is 0 Å². The highest BCUT2D eigenvalue weighted by Crippen LogP contribution is 2.26. The predicted octanol–water partition coefficient (Wildman–Crippen LogP) is 3.05. The van der Waals surface area contributed by atoms with Gasteiger partial charge in [0.1, 0.15) is 0 Å². The minimum absolute atomic E-state index is 0.335. The second-order valence-electron chi connectivity index (χ2n) is 4.42. The topological polar surface area (TPSA) is 23.5 Å².